The van der Waals surface area contributed by atoms with Gasteiger partial charge in [0.15, 0.2) is 0 Å². The van der Waals surface area contributed by atoms with E-state index in [2.05, 4.69) is 44.4 Å². The smallest absolute Gasteiger partial charge is 0.109 e. The number of halogens is 1. The van der Waals surface area contributed by atoms with Gasteiger partial charge in [-0.1, -0.05) is 22.9 Å². The summed E-state index contributed by atoms with van der Waals surface area (Å²) in [6.45, 7) is 5.86. The lowest BCUT2D eigenvalue weighted by Crippen LogP contribution is -2.41. The summed E-state index contributed by atoms with van der Waals surface area (Å²) in [5, 5.41) is 0. The number of aryl methyl sites for hydroxylation is 1. The van der Waals surface area contributed by atoms with Crippen LogP contribution in [0.4, 0.5) is 0 Å². The molecule has 0 spiro atoms. The molecule has 16 heavy (non-hydrogen) atoms. The van der Waals surface area contributed by atoms with Crippen LogP contribution >= 0.6 is 15.9 Å². The van der Waals surface area contributed by atoms with E-state index < -0.39 is 0 Å². The highest BCUT2D eigenvalue weighted by Crippen LogP contribution is 2.23. The Morgan fingerprint density at radius 1 is 1.56 bits per heavy atom. The van der Waals surface area contributed by atoms with Crippen LogP contribution in [0.25, 0.3) is 0 Å². The summed E-state index contributed by atoms with van der Waals surface area (Å²) in [4.78, 5) is 7.55. The van der Waals surface area contributed by atoms with Gasteiger partial charge in [-0.3, -0.25) is 0 Å². The first-order valence-corrected chi connectivity index (χ1v) is 6.91. The van der Waals surface area contributed by atoms with Gasteiger partial charge in [0, 0.05) is 43.8 Å². The molecule has 4 heteroatoms. The Bertz CT molecular complexity index is 337. The van der Waals surface area contributed by atoms with Crippen LogP contribution in [0.5, 0.6) is 0 Å². The van der Waals surface area contributed by atoms with Crippen molar-refractivity contribution in [2.75, 3.05) is 19.6 Å². The predicted octanol–water partition coefficient (Wildman–Crippen LogP) is 2.07. The number of aromatic nitrogens is 2. The summed E-state index contributed by atoms with van der Waals surface area (Å²) >= 11 is 3.76. The van der Waals surface area contributed by atoms with E-state index in [-0.39, 0.29) is 0 Å². The van der Waals surface area contributed by atoms with Crippen LogP contribution in [-0.4, -0.2) is 38.9 Å². The van der Waals surface area contributed by atoms with Gasteiger partial charge < -0.3 is 9.47 Å². The maximum Gasteiger partial charge on any atom is 0.109 e. The number of imidazole rings is 1. The van der Waals surface area contributed by atoms with Gasteiger partial charge in [-0.05, 0) is 18.9 Å². The molecule has 0 radical (unpaired) electrons. The summed E-state index contributed by atoms with van der Waals surface area (Å²) in [6.07, 6.45) is 6.25. The zero-order valence-electron chi connectivity index (χ0n) is 10.1. The van der Waals surface area contributed by atoms with Gasteiger partial charge in [-0.2, -0.15) is 0 Å². The van der Waals surface area contributed by atoms with E-state index in [1.807, 2.05) is 12.4 Å². The lowest BCUT2D eigenvalue weighted by molar-refractivity contribution is 0.202. The van der Waals surface area contributed by atoms with Crippen LogP contribution in [0.3, 0.4) is 0 Å². The molecule has 1 aliphatic heterocycles. The lowest BCUT2D eigenvalue weighted by Gasteiger charge is -2.34. The normalized spacial score (nSPS) is 27.2. The van der Waals surface area contributed by atoms with Crippen molar-refractivity contribution in [1.29, 1.82) is 0 Å². The minimum atomic E-state index is 0.655. The molecule has 2 unspecified atom stereocenters. The molecule has 0 bridgehead atoms. The van der Waals surface area contributed by atoms with E-state index in [4.69, 9.17) is 0 Å². The molecule has 0 saturated carbocycles. The van der Waals surface area contributed by atoms with Crippen LogP contribution in [0.2, 0.25) is 0 Å². The van der Waals surface area contributed by atoms with Gasteiger partial charge >= 0.3 is 0 Å². The highest BCUT2D eigenvalue weighted by molar-refractivity contribution is 9.09. The molecule has 0 aliphatic carbocycles. The molecule has 1 aliphatic rings. The van der Waals surface area contributed by atoms with Crippen molar-refractivity contribution in [1.82, 2.24) is 14.5 Å². The highest BCUT2D eigenvalue weighted by atomic mass is 79.9. The number of alkyl halides is 1. The van der Waals surface area contributed by atoms with Crippen LogP contribution in [0.15, 0.2) is 12.4 Å². The number of hydrogen-bond donors (Lipinski definition) is 0. The van der Waals surface area contributed by atoms with Crippen LogP contribution < -0.4 is 0 Å². The number of piperidine rings is 1. The van der Waals surface area contributed by atoms with E-state index in [9.17, 15) is 0 Å². The van der Waals surface area contributed by atoms with Crippen molar-refractivity contribution in [2.45, 2.75) is 24.6 Å². The summed E-state index contributed by atoms with van der Waals surface area (Å²) in [7, 11) is 2.06. The molecule has 0 amide bonds. The largest absolute Gasteiger partial charge is 0.338 e. The minimum Gasteiger partial charge on any atom is -0.338 e. The summed E-state index contributed by atoms with van der Waals surface area (Å²) in [6, 6.07) is 0. The van der Waals surface area contributed by atoms with E-state index in [0.29, 0.717) is 4.83 Å². The SMILES string of the molecule is CC1CCN(CCc2nccn2C)CC1Br. The van der Waals surface area contributed by atoms with Crippen LogP contribution in [0.1, 0.15) is 19.2 Å². The Morgan fingerprint density at radius 3 is 3.00 bits per heavy atom. The molecule has 1 aromatic heterocycles. The standard InChI is InChI=1S/C12H20BrN3/c1-10-3-6-16(9-11(10)13)7-4-12-14-5-8-15(12)2/h5,8,10-11H,3-4,6-7,9H2,1-2H3. The molecule has 1 aromatic rings. The predicted molar refractivity (Wildman–Crippen MR) is 69.8 cm³/mol. The van der Waals surface area contributed by atoms with E-state index in [0.717, 1.165) is 18.9 Å². The van der Waals surface area contributed by atoms with Gasteiger partial charge in [0.1, 0.15) is 5.82 Å². The van der Waals surface area contributed by atoms with Crippen LogP contribution in [0, 0.1) is 5.92 Å². The number of likely N-dealkylation sites (tertiary alicyclic amines) is 1. The van der Waals surface area contributed by atoms with Crippen molar-refractivity contribution in [3.63, 3.8) is 0 Å². The molecule has 0 N–H and O–H groups in total. The molecule has 1 saturated heterocycles. The number of rotatable bonds is 3. The fraction of sp³-hybridized carbons (Fsp3) is 0.750. The quantitative estimate of drug-likeness (QED) is 0.793. The van der Waals surface area contributed by atoms with Gasteiger partial charge in [-0.15, -0.1) is 0 Å². The van der Waals surface area contributed by atoms with Gasteiger partial charge in [0.2, 0.25) is 0 Å². The number of hydrogen-bond acceptors (Lipinski definition) is 2. The van der Waals surface area contributed by atoms with Crippen LogP contribution in [-0.2, 0) is 13.5 Å². The first kappa shape index (κ1) is 12.1. The first-order valence-electron chi connectivity index (χ1n) is 5.99. The molecule has 2 heterocycles. The van der Waals surface area contributed by atoms with Gasteiger partial charge in [-0.25, -0.2) is 4.98 Å². The molecule has 1 fully saturated rings. The van der Waals surface area contributed by atoms with Crippen molar-refractivity contribution in [3.05, 3.63) is 18.2 Å². The molecule has 0 aromatic carbocycles. The molecular weight excluding hydrogens is 266 g/mol. The minimum absolute atomic E-state index is 0.655. The average molecular weight is 286 g/mol. The Morgan fingerprint density at radius 2 is 2.38 bits per heavy atom. The van der Waals surface area contributed by atoms with E-state index >= 15 is 0 Å². The summed E-state index contributed by atoms with van der Waals surface area (Å²) < 4.78 is 2.11. The molecule has 2 atom stereocenters. The second-order valence-electron chi connectivity index (χ2n) is 4.79. The van der Waals surface area contributed by atoms with Crippen molar-refractivity contribution < 1.29 is 0 Å². The zero-order chi connectivity index (χ0) is 11.5. The Labute approximate surface area is 106 Å². The third-order valence-electron chi connectivity index (χ3n) is 3.52. The zero-order valence-corrected chi connectivity index (χ0v) is 11.7. The third kappa shape index (κ3) is 2.86. The Hall–Kier alpha value is -0.350. The van der Waals surface area contributed by atoms with Gasteiger partial charge in [0.25, 0.3) is 0 Å². The molecule has 3 nitrogen and oxygen atoms in total. The third-order valence-corrected chi connectivity index (χ3v) is 4.72. The lowest BCUT2D eigenvalue weighted by atomic mass is 9.99. The monoisotopic (exact) mass is 285 g/mol. The highest BCUT2D eigenvalue weighted by Gasteiger charge is 2.23. The first-order chi connectivity index (χ1) is 7.66. The molecule has 2 rings (SSSR count). The Balaban J connectivity index is 1.81. The molecular formula is C12H20BrN3. The van der Waals surface area contributed by atoms with Crippen molar-refractivity contribution in [3.8, 4) is 0 Å². The topological polar surface area (TPSA) is 21.1 Å². The van der Waals surface area contributed by atoms with Gasteiger partial charge in [0.05, 0.1) is 0 Å². The van der Waals surface area contributed by atoms with Crippen molar-refractivity contribution >= 4 is 15.9 Å². The fourth-order valence-electron chi connectivity index (χ4n) is 2.18. The van der Waals surface area contributed by atoms with Crippen molar-refractivity contribution in [2.24, 2.45) is 13.0 Å². The fourth-order valence-corrected chi connectivity index (χ4v) is 2.86. The summed E-state index contributed by atoms with van der Waals surface area (Å²) in [5.74, 6) is 1.99. The Kier molecular flexibility index (Phi) is 4.03. The maximum atomic E-state index is 4.36. The average Bonchev–Trinajstić information content (AvgIpc) is 2.66. The maximum absolute atomic E-state index is 4.36. The molecule has 90 valence electrons. The summed E-state index contributed by atoms with van der Waals surface area (Å²) in [5.41, 5.74) is 0. The number of nitrogens with zero attached hydrogens (tertiary/aromatic N) is 3. The second kappa shape index (κ2) is 5.32. The van der Waals surface area contributed by atoms with E-state index in [1.165, 1.54) is 25.3 Å². The van der Waals surface area contributed by atoms with E-state index in [1.54, 1.807) is 0 Å². The second-order valence-corrected chi connectivity index (χ2v) is 5.96.